The molecule has 0 radical (unpaired) electrons. The first-order valence-corrected chi connectivity index (χ1v) is 2.53. The lowest BCUT2D eigenvalue weighted by Crippen LogP contribution is -1.97. The van der Waals surface area contributed by atoms with Crippen LogP contribution < -0.4 is 5.73 Å². The molecule has 1 aromatic heterocycles. The zero-order valence-electron chi connectivity index (χ0n) is 5.04. The van der Waals surface area contributed by atoms with E-state index < -0.39 is 0 Å². The normalized spacial score (nSPS) is 8.11. The molecule has 0 aliphatic rings. The lowest BCUT2D eigenvalue weighted by atomic mass is 10.4. The van der Waals surface area contributed by atoms with Gasteiger partial charge in [0.1, 0.15) is 0 Å². The van der Waals surface area contributed by atoms with Crippen LogP contribution in [0.4, 0.5) is 0 Å². The van der Waals surface area contributed by atoms with Crippen molar-refractivity contribution in [3.63, 3.8) is 0 Å². The van der Waals surface area contributed by atoms with Gasteiger partial charge in [0.05, 0.1) is 5.69 Å². The van der Waals surface area contributed by atoms with E-state index in [4.69, 9.17) is 5.73 Å². The SMILES string of the molecule is NCc1ccccn1.O. The Kier molecular flexibility index (Phi) is 3.59. The molecule has 0 aliphatic carbocycles. The quantitative estimate of drug-likeness (QED) is 0.562. The van der Waals surface area contributed by atoms with Gasteiger partial charge < -0.3 is 11.2 Å². The lowest BCUT2D eigenvalue weighted by Gasteiger charge is -1.89. The van der Waals surface area contributed by atoms with Crippen molar-refractivity contribution < 1.29 is 5.48 Å². The number of aromatic nitrogens is 1. The zero-order valence-corrected chi connectivity index (χ0v) is 5.04. The van der Waals surface area contributed by atoms with Crippen LogP contribution in [-0.4, -0.2) is 10.5 Å². The van der Waals surface area contributed by atoms with Gasteiger partial charge >= 0.3 is 0 Å². The van der Waals surface area contributed by atoms with Crippen molar-refractivity contribution in [3.8, 4) is 0 Å². The molecule has 9 heavy (non-hydrogen) atoms. The molecule has 0 atom stereocenters. The van der Waals surface area contributed by atoms with Crippen LogP contribution in [0.2, 0.25) is 0 Å². The summed E-state index contributed by atoms with van der Waals surface area (Å²) in [5.41, 5.74) is 6.22. The molecule has 3 heteroatoms. The highest BCUT2D eigenvalue weighted by Gasteiger charge is 1.81. The molecule has 0 fully saturated rings. The fourth-order valence-electron chi connectivity index (χ4n) is 0.519. The Morgan fingerprint density at radius 2 is 2.22 bits per heavy atom. The van der Waals surface area contributed by atoms with E-state index in [-0.39, 0.29) is 5.48 Å². The van der Waals surface area contributed by atoms with Crippen molar-refractivity contribution in [3.05, 3.63) is 30.1 Å². The molecular weight excluding hydrogens is 116 g/mol. The molecule has 4 N–H and O–H groups in total. The molecule has 0 aromatic carbocycles. The Hall–Kier alpha value is -0.930. The maximum absolute atomic E-state index is 5.29. The number of nitrogens with two attached hydrogens (primary N) is 1. The van der Waals surface area contributed by atoms with Gasteiger partial charge in [-0.05, 0) is 12.1 Å². The molecule has 0 bridgehead atoms. The van der Waals surface area contributed by atoms with E-state index in [1.165, 1.54) is 0 Å². The number of hydrogen-bond acceptors (Lipinski definition) is 2. The molecule has 0 saturated heterocycles. The third kappa shape index (κ3) is 2.21. The summed E-state index contributed by atoms with van der Waals surface area (Å²) < 4.78 is 0. The summed E-state index contributed by atoms with van der Waals surface area (Å²) in [7, 11) is 0. The third-order valence-corrected chi connectivity index (χ3v) is 0.935. The largest absolute Gasteiger partial charge is 0.412 e. The Labute approximate surface area is 53.8 Å². The summed E-state index contributed by atoms with van der Waals surface area (Å²) >= 11 is 0. The number of hydrogen-bond donors (Lipinski definition) is 1. The first kappa shape index (κ1) is 8.07. The Morgan fingerprint density at radius 1 is 1.44 bits per heavy atom. The van der Waals surface area contributed by atoms with Crippen LogP contribution in [0.3, 0.4) is 0 Å². The van der Waals surface area contributed by atoms with E-state index >= 15 is 0 Å². The molecule has 1 heterocycles. The highest BCUT2D eigenvalue weighted by Crippen LogP contribution is 1.88. The van der Waals surface area contributed by atoms with Gasteiger partial charge in [-0.1, -0.05) is 6.07 Å². The monoisotopic (exact) mass is 126 g/mol. The minimum Gasteiger partial charge on any atom is -0.412 e. The Morgan fingerprint density at radius 3 is 2.56 bits per heavy atom. The van der Waals surface area contributed by atoms with Gasteiger partial charge in [0.25, 0.3) is 0 Å². The predicted molar refractivity (Wildman–Crippen MR) is 35.7 cm³/mol. The van der Waals surface area contributed by atoms with Gasteiger partial charge in [-0.2, -0.15) is 0 Å². The van der Waals surface area contributed by atoms with Crippen molar-refractivity contribution >= 4 is 0 Å². The molecule has 1 aromatic rings. The van der Waals surface area contributed by atoms with Crippen molar-refractivity contribution in [2.45, 2.75) is 6.54 Å². The summed E-state index contributed by atoms with van der Waals surface area (Å²) in [5, 5.41) is 0. The molecule has 0 amide bonds. The second kappa shape index (κ2) is 4.00. The van der Waals surface area contributed by atoms with E-state index in [1.54, 1.807) is 6.20 Å². The first-order chi connectivity index (χ1) is 3.93. The van der Waals surface area contributed by atoms with E-state index in [0.717, 1.165) is 5.69 Å². The number of rotatable bonds is 1. The maximum Gasteiger partial charge on any atom is 0.0539 e. The van der Waals surface area contributed by atoms with Gasteiger partial charge in [-0.3, -0.25) is 4.98 Å². The van der Waals surface area contributed by atoms with Crippen LogP contribution in [0.25, 0.3) is 0 Å². The van der Waals surface area contributed by atoms with E-state index in [1.807, 2.05) is 18.2 Å². The lowest BCUT2D eigenvalue weighted by molar-refractivity contribution is 0.824. The van der Waals surface area contributed by atoms with Crippen LogP contribution in [0.5, 0.6) is 0 Å². The fraction of sp³-hybridized carbons (Fsp3) is 0.167. The average Bonchev–Trinajstić information content (AvgIpc) is 1.90. The summed E-state index contributed by atoms with van der Waals surface area (Å²) in [5.74, 6) is 0. The minimum atomic E-state index is 0. The molecule has 0 aliphatic heterocycles. The van der Waals surface area contributed by atoms with Gasteiger partial charge in [-0.25, -0.2) is 0 Å². The highest BCUT2D eigenvalue weighted by molar-refractivity contribution is 5.02. The fourth-order valence-corrected chi connectivity index (χ4v) is 0.519. The zero-order chi connectivity index (χ0) is 5.82. The summed E-state index contributed by atoms with van der Waals surface area (Å²) in [6.45, 7) is 0.529. The van der Waals surface area contributed by atoms with Crippen LogP contribution in [-0.2, 0) is 6.54 Å². The van der Waals surface area contributed by atoms with Gasteiger partial charge in [-0.15, -0.1) is 0 Å². The smallest absolute Gasteiger partial charge is 0.0539 e. The number of pyridine rings is 1. The van der Waals surface area contributed by atoms with Crippen LogP contribution in [0, 0.1) is 0 Å². The minimum absolute atomic E-state index is 0. The second-order valence-corrected chi connectivity index (χ2v) is 1.53. The highest BCUT2D eigenvalue weighted by atomic mass is 16.0. The van der Waals surface area contributed by atoms with Gasteiger partial charge in [0.2, 0.25) is 0 Å². The van der Waals surface area contributed by atoms with Crippen LogP contribution in [0.15, 0.2) is 24.4 Å². The van der Waals surface area contributed by atoms with Crippen LogP contribution >= 0.6 is 0 Å². The summed E-state index contributed by atoms with van der Waals surface area (Å²) in [6.07, 6.45) is 1.74. The van der Waals surface area contributed by atoms with Crippen molar-refractivity contribution in [2.24, 2.45) is 5.73 Å². The Balaban J connectivity index is 0.000000640. The first-order valence-electron chi connectivity index (χ1n) is 2.53. The van der Waals surface area contributed by atoms with Crippen molar-refractivity contribution in [2.75, 3.05) is 0 Å². The van der Waals surface area contributed by atoms with Crippen molar-refractivity contribution in [1.82, 2.24) is 4.98 Å². The second-order valence-electron chi connectivity index (χ2n) is 1.53. The maximum atomic E-state index is 5.29. The average molecular weight is 126 g/mol. The summed E-state index contributed by atoms with van der Waals surface area (Å²) in [4.78, 5) is 3.97. The van der Waals surface area contributed by atoms with Crippen molar-refractivity contribution in [1.29, 1.82) is 0 Å². The standard InChI is InChI=1S/C6H8N2.H2O/c7-5-6-3-1-2-4-8-6;/h1-4H,5,7H2;1H2. The van der Waals surface area contributed by atoms with E-state index in [9.17, 15) is 0 Å². The van der Waals surface area contributed by atoms with Gasteiger partial charge in [0, 0.05) is 12.7 Å². The molecule has 0 saturated carbocycles. The van der Waals surface area contributed by atoms with Gasteiger partial charge in [0.15, 0.2) is 0 Å². The molecule has 0 unspecified atom stereocenters. The molecular formula is C6H10N2O. The molecule has 0 spiro atoms. The molecule has 3 nitrogen and oxygen atoms in total. The molecule has 50 valence electrons. The Bertz CT molecular complexity index is 152. The topological polar surface area (TPSA) is 70.4 Å². The predicted octanol–water partition coefficient (Wildman–Crippen LogP) is -0.284. The van der Waals surface area contributed by atoms with E-state index in [0.29, 0.717) is 6.54 Å². The third-order valence-electron chi connectivity index (χ3n) is 0.935. The van der Waals surface area contributed by atoms with E-state index in [2.05, 4.69) is 4.98 Å². The number of nitrogens with zero attached hydrogens (tertiary/aromatic N) is 1. The summed E-state index contributed by atoms with van der Waals surface area (Å²) in [6, 6.07) is 5.70. The molecule has 1 rings (SSSR count). The van der Waals surface area contributed by atoms with Crippen LogP contribution in [0.1, 0.15) is 5.69 Å².